The first-order valence-corrected chi connectivity index (χ1v) is 8.23. The van der Waals surface area contributed by atoms with Gasteiger partial charge in [-0.25, -0.2) is 0 Å². The molecule has 0 heterocycles. The Morgan fingerprint density at radius 3 is 2.25 bits per heavy atom. The minimum atomic E-state index is -1.63. The molecule has 0 bridgehead atoms. The van der Waals surface area contributed by atoms with Gasteiger partial charge in [0.25, 0.3) is 0 Å². The number of halogens is 2. The fourth-order valence-corrected chi connectivity index (χ4v) is 4.49. The van der Waals surface area contributed by atoms with Crippen LogP contribution in [-0.2, 0) is 4.43 Å². The van der Waals surface area contributed by atoms with Gasteiger partial charge >= 0.3 is 0 Å². The minimum absolute atomic E-state index is 0.288. The van der Waals surface area contributed by atoms with Gasteiger partial charge in [0.1, 0.15) is 0 Å². The summed E-state index contributed by atoms with van der Waals surface area (Å²) in [5.41, 5.74) is 0.669. The van der Waals surface area contributed by atoms with Crippen LogP contribution < -0.4 is 0 Å². The Morgan fingerprint density at radius 1 is 1.33 bits per heavy atom. The van der Waals surface area contributed by atoms with Crippen molar-refractivity contribution in [3.05, 3.63) is 0 Å². The first kappa shape index (κ1) is 12.8. The predicted octanol–water partition coefficient (Wildman–Crippen LogP) is 3.39. The molecule has 0 radical (unpaired) electrons. The van der Waals surface area contributed by atoms with Crippen molar-refractivity contribution in [2.24, 2.45) is 0 Å². The molecular weight excluding hydrogens is 211 g/mol. The van der Waals surface area contributed by atoms with Crippen molar-refractivity contribution in [3.8, 4) is 0 Å². The van der Waals surface area contributed by atoms with Crippen LogP contribution in [0.5, 0.6) is 0 Å². The quantitative estimate of drug-likeness (QED) is 0.501. The molecule has 0 aromatic heterocycles. The molecular formula is C8H18Cl2OSi. The Bertz CT molecular complexity index is 122. The minimum Gasteiger partial charge on any atom is -0.414 e. The van der Waals surface area contributed by atoms with E-state index in [-0.39, 0.29) is 6.10 Å². The highest BCUT2D eigenvalue weighted by molar-refractivity contribution is 6.78. The molecule has 1 atom stereocenters. The second-order valence-electron chi connectivity index (χ2n) is 3.54. The monoisotopic (exact) mass is 228 g/mol. The summed E-state index contributed by atoms with van der Waals surface area (Å²) in [5.74, 6) is 0.709. The van der Waals surface area contributed by atoms with Gasteiger partial charge in [-0.3, -0.25) is 0 Å². The standard InChI is InChI=1S/C8H18Cl2OSi/c1-8(2)11-12(3,7-10)6-4-5-9/h8H,4-7H2,1-3H3. The van der Waals surface area contributed by atoms with Gasteiger partial charge in [0.15, 0.2) is 0 Å². The summed E-state index contributed by atoms with van der Waals surface area (Å²) >= 11 is 11.5. The third kappa shape index (κ3) is 5.41. The zero-order chi connectivity index (χ0) is 9.61. The van der Waals surface area contributed by atoms with Crippen molar-refractivity contribution in [3.63, 3.8) is 0 Å². The fraction of sp³-hybridized carbons (Fsp3) is 1.00. The first-order valence-electron chi connectivity index (χ1n) is 4.34. The summed E-state index contributed by atoms with van der Waals surface area (Å²) in [4.78, 5) is 0. The van der Waals surface area contributed by atoms with Gasteiger partial charge < -0.3 is 4.43 Å². The van der Waals surface area contributed by atoms with E-state index in [2.05, 4.69) is 20.4 Å². The van der Waals surface area contributed by atoms with Crippen LogP contribution in [0.4, 0.5) is 0 Å². The normalized spacial score (nSPS) is 16.5. The third-order valence-corrected chi connectivity index (χ3v) is 6.62. The van der Waals surface area contributed by atoms with Crippen molar-refractivity contribution in [1.29, 1.82) is 0 Å². The molecule has 0 fully saturated rings. The summed E-state index contributed by atoms with van der Waals surface area (Å²) in [5, 5.41) is 0. The molecule has 74 valence electrons. The summed E-state index contributed by atoms with van der Waals surface area (Å²) in [6, 6.07) is 1.07. The van der Waals surface area contributed by atoms with Crippen molar-refractivity contribution < 1.29 is 4.43 Å². The highest BCUT2D eigenvalue weighted by atomic mass is 35.5. The molecule has 0 saturated heterocycles. The number of hydrogen-bond donors (Lipinski definition) is 0. The molecule has 0 aliphatic carbocycles. The molecule has 0 amide bonds. The van der Waals surface area contributed by atoms with Crippen LogP contribution >= 0.6 is 23.2 Å². The summed E-state index contributed by atoms with van der Waals surface area (Å²) in [7, 11) is -1.63. The third-order valence-electron chi connectivity index (χ3n) is 1.64. The largest absolute Gasteiger partial charge is 0.414 e. The van der Waals surface area contributed by atoms with Crippen LogP contribution in [0, 0.1) is 0 Å². The second-order valence-corrected chi connectivity index (χ2v) is 8.63. The molecule has 1 unspecified atom stereocenters. The van der Waals surface area contributed by atoms with Crippen molar-refractivity contribution in [2.75, 3.05) is 11.4 Å². The van der Waals surface area contributed by atoms with Crippen LogP contribution in [-0.4, -0.2) is 25.8 Å². The number of hydrogen-bond acceptors (Lipinski definition) is 1. The Balaban J connectivity index is 3.86. The molecule has 0 aromatic rings. The van der Waals surface area contributed by atoms with Gasteiger partial charge in [-0.05, 0) is 32.9 Å². The zero-order valence-electron chi connectivity index (χ0n) is 8.07. The topological polar surface area (TPSA) is 9.23 Å². The lowest BCUT2D eigenvalue weighted by Gasteiger charge is -2.27. The molecule has 0 aliphatic heterocycles. The second kappa shape index (κ2) is 6.25. The maximum absolute atomic E-state index is 5.88. The van der Waals surface area contributed by atoms with E-state index in [1.807, 2.05) is 0 Å². The van der Waals surface area contributed by atoms with Crippen LogP contribution in [0.1, 0.15) is 20.3 Å². The highest BCUT2D eigenvalue weighted by Gasteiger charge is 2.28. The van der Waals surface area contributed by atoms with E-state index in [9.17, 15) is 0 Å². The summed E-state index contributed by atoms with van der Waals surface area (Å²) < 4.78 is 5.84. The van der Waals surface area contributed by atoms with E-state index in [1.165, 1.54) is 0 Å². The average molecular weight is 229 g/mol. The van der Waals surface area contributed by atoms with E-state index in [0.717, 1.165) is 12.5 Å². The molecule has 0 saturated carbocycles. The average Bonchev–Trinajstić information content (AvgIpc) is 2.00. The zero-order valence-corrected chi connectivity index (χ0v) is 10.6. The maximum Gasteiger partial charge on any atom is 0.204 e. The van der Waals surface area contributed by atoms with Gasteiger partial charge in [0.05, 0.1) is 0 Å². The van der Waals surface area contributed by atoms with Gasteiger partial charge in [-0.1, -0.05) is 0 Å². The highest BCUT2D eigenvalue weighted by Crippen LogP contribution is 2.18. The number of rotatable bonds is 6. The Morgan fingerprint density at radius 2 is 1.92 bits per heavy atom. The molecule has 1 nitrogen and oxygen atoms in total. The van der Waals surface area contributed by atoms with E-state index in [4.69, 9.17) is 27.6 Å². The van der Waals surface area contributed by atoms with E-state index < -0.39 is 8.32 Å². The molecule has 4 heteroatoms. The Kier molecular flexibility index (Phi) is 6.64. The van der Waals surface area contributed by atoms with Crippen molar-refractivity contribution in [1.82, 2.24) is 0 Å². The van der Waals surface area contributed by atoms with Gasteiger partial charge in [0, 0.05) is 17.5 Å². The molecule has 0 rings (SSSR count). The predicted molar refractivity (Wildman–Crippen MR) is 58.7 cm³/mol. The summed E-state index contributed by atoms with van der Waals surface area (Å²) in [6.45, 7) is 6.28. The number of alkyl halides is 2. The molecule has 0 aromatic carbocycles. The van der Waals surface area contributed by atoms with Crippen LogP contribution in [0.3, 0.4) is 0 Å². The van der Waals surface area contributed by atoms with Crippen molar-refractivity contribution in [2.45, 2.75) is 39.0 Å². The smallest absolute Gasteiger partial charge is 0.204 e. The Labute approximate surface area is 86.5 Å². The van der Waals surface area contributed by atoms with Crippen molar-refractivity contribution >= 4 is 31.5 Å². The molecule has 0 N–H and O–H groups in total. The lowest BCUT2D eigenvalue weighted by molar-refractivity contribution is 0.230. The lowest BCUT2D eigenvalue weighted by atomic mass is 10.5. The van der Waals surface area contributed by atoms with E-state index in [0.29, 0.717) is 11.4 Å². The Hall–Kier alpha value is 0.757. The molecule has 0 spiro atoms. The first-order chi connectivity index (χ1) is 5.54. The fourth-order valence-electron chi connectivity index (χ4n) is 1.17. The van der Waals surface area contributed by atoms with Gasteiger partial charge in [-0.15, -0.1) is 23.2 Å². The van der Waals surface area contributed by atoms with E-state index >= 15 is 0 Å². The lowest BCUT2D eigenvalue weighted by Crippen LogP contribution is -2.39. The molecule has 0 aliphatic rings. The van der Waals surface area contributed by atoms with Crippen LogP contribution in [0.25, 0.3) is 0 Å². The van der Waals surface area contributed by atoms with Crippen LogP contribution in [0.2, 0.25) is 12.6 Å². The molecule has 12 heavy (non-hydrogen) atoms. The van der Waals surface area contributed by atoms with Gasteiger partial charge in [-0.2, -0.15) is 0 Å². The van der Waals surface area contributed by atoms with Crippen LogP contribution in [0.15, 0.2) is 0 Å². The van der Waals surface area contributed by atoms with Gasteiger partial charge in [0.2, 0.25) is 8.32 Å². The SMILES string of the molecule is CC(C)O[Si](C)(CCl)CCCCl. The maximum atomic E-state index is 5.88. The van der Waals surface area contributed by atoms with E-state index in [1.54, 1.807) is 0 Å². The summed E-state index contributed by atoms with van der Waals surface area (Å²) in [6.07, 6.45) is 1.31.